The maximum Gasteiger partial charge on any atom is 0.416 e. The van der Waals surface area contributed by atoms with E-state index in [2.05, 4.69) is 5.32 Å². The Hall–Kier alpha value is -2.39. The van der Waals surface area contributed by atoms with Gasteiger partial charge in [0.1, 0.15) is 0 Å². The third kappa shape index (κ3) is 5.87. The molecule has 134 valence electrons. The molecule has 5 nitrogen and oxygen atoms in total. The van der Waals surface area contributed by atoms with E-state index in [1.165, 1.54) is 0 Å². The molecular formula is C16H15F3N2O3S. The Balaban J connectivity index is 1.95. The summed E-state index contributed by atoms with van der Waals surface area (Å²) in [6, 6.07) is 10.3. The Morgan fingerprint density at radius 3 is 1.96 bits per heavy atom. The number of alkyl halides is 3. The van der Waals surface area contributed by atoms with Crippen LogP contribution in [-0.4, -0.2) is 14.3 Å². The molecule has 0 atom stereocenters. The van der Waals surface area contributed by atoms with E-state index in [4.69, 9.17) is 5.14 Å². The first kappa shape index (κ1) is 18.9. The van der Waals surface area contributed by atoms with Crippen LogP contribution in [0.25, 0.3) is 0 Å². The van der Waals surface area contributed by atoms with Crippen molar-refractivity contribution in [3.8, 4) is 0 Å². The number of sulfonamides is 1. The summed E-state index contributed by atoms with van der Waals surface area (Å²) in [5.74, 6) is -0.798. The van der Waals surface area contributed by atoms with Crippen molar-refractivity contribution in [2.24, 2.45) is 5.14 Å². The fourth-order valence-corrected chi connectivity index (χ4v) is 2.74. The van der Waals surface area contributed by atoms with Crippen LogP contribution in [0, 0.1) is 0 Å². The Labute approximate surface area is 142 Å². The second kappa shape index (κ2) is 7.24. The number of benzene rings is 2. The minimum Gasteiger partial charge on any atom is -0.348 e. The monoisotopic (exact) mass is 372 g/mol. The molecule has 0 spiro atoms. The van der Waals surface area contributed by atoms with E-state index in [0.717, 1.165) is 24.3 Å². The van der Waals surface area contributed by atoms with E-state index in [9.17, 15) is 26.4 Å². The summed E-state index contributed by atoms with van der Waals surface area (Å²) in [5.41, 5.74) is 0.507. The Kier molecular flexibility index (Phi) is 5.48. The van der Waals surface area contributed by atoms with E-state index < -0.39 is 27.7 Å². The van der Waals surface area contributed by atoms with Crippen LogP contribution in [0.3, 0.4) is 0 Å². The molecule has 0 saturated carbocycles. The number of hydrogen-bond acceptors (Lipinski definition) is 3. The van der Waals surface area contributed by atoms with Crippen LogP contribution in [-0.2, 0) is 28.5 Å². The van der Waals surface area contributed by atoms with Crippen molar-refractivity contribution in [1.29, 1.82) is 0 Å². The molecule has 2 rings (SSSR count). The predicted octanol–water partition coefficient (Wildman–Crippen LogP) is 2.42. The maximum absolute atomic E-state index is 12.5. The zero-order chi connectivity index (χ0) is 18.7. The Morgan fingerprint density at radius 2 is 1.48 bits per heavy atom. The topological polar surface area (TPSA) is 89.3 Å². The molecule has 0 heterocycles. The number of nitrogens with two attached hydrogens (primary N) is 1. The van der Waals surface area contributed by atoms with Crippen molar-refractivity contribution in [1.82, 2.24) is 5.32 Å². The summed E-state index contributed by atoms with van der Waals surface area (Å²) < 4.78 is 59.4. The molecule has 9 heteroatoms. The van der Waals surface area contributed by atoms with E-state index >= 15 is 0 Å². The summed E-state index contributed by atoms with van der Waals surface area (Å²) in [5, 5.41) is 7.53. The molecule has 0 aliphatic heterocycles. The molecule has 0 aromatic heterocycles. The van der Waals surface area contributed by atoms with Gasteiger partial charge in [-0.1, -0.05) is 24.3 Å². The van der Waals surface area contributed by atoms with Gasteiger partial charge in [0, 0.05) is 12.1 Å². The molecule has 1 amide bonds. The number of rotatable bonds is 5. The molecule has 0 bridgehead atoms. The normalized spacial score (nSPS) is 12.0. The zero-order valence-corrected chi connectivity index (χ0v) is 13.7. The van der Waals surface area contributed by atoms with E-state index in [-0.39, 0.29) is 17.9 Å². The number of amides is 1. The van der Waals surface area contributed by atoms with E-state index in [1.807, 2.05) is 0 Å². The average Bonchev–Trinajstić information content (AvgIpc) is 2.52. The largest absolute Gasteiger partial charge is 0.416 e. The number of hydrogen-bond donors (Lipinski definition) is 2. The molecular weight excluding hydrogens is 357 g/mol. The highest BCUT2D eigenvalue weighted by Gasteiger charge is 2.30. The summed E-state index contributed by atoms with van der Waals surface area (Å²) in [7, 11) is -3.62. The van der Waals surface area contributed by atoms with Gasteiger partial charge in [0.15, 0.2) is 0 Å². The van der Waals surface area contributed by atoms with Crippen molar-refractivity contribution in [3.63, 3.8) is 0 Å². The van der Waals surface area contributed by atoms with Gasteiger partial charge in [-0.3, -0.25) is 4.79 Å². The maximum atomic E-state index is 12.5. The minimum absolute atomic E-state index is 0.110. The zero-order valence-electron chi connectivity index (χ0n) is 12.9. The lowest BCUT2D eigenvalue weighted by Crippen LogP contribution is -2.23. The van der Waals surface area contributed by atoms with Crippen LogP contribution in [0.15, 0.2) is 48.5 Å². The van der Waals surface area contributed by atoms with Gasteiger partial charge >= 0.3 is 6.18 Å². The van der Waals surface area contributed by atoms with Crippen LogP contribution in [0.2, 0.25) is 0 Å². The first-order valence-corrected chi connectivity index (χ1v) is 8.80. The smallest absolute Gasteiger partial charge is 0.348 e. The predicted molar refractivity (Wildman–Crippen MR) is 85.9 cm³/mol. The van der Waals surface area contributed by atoms with Crippen molar-refractivity contribution in [2.75, 3.05) is 0 Å². The van der Waals surface area contributed by atoms with Crippen molar-refractivity contribution in [2.45, 2.75) is 18.5 Å². The molecule has 0 unspecified atom stereocenters. The molecule has 3 N–H and O–H groups in total. The van der Waals surface area contributed by atoms with Crippen molar-refractivity contribution < 1.29 is 26.4 Å². The highest BCUT2D eigenvalue weighted by molar-refractivity contribution is 7.88. The molecule has 25 heavy (non-hydrogen) atoms. The SMILES string of the molecule is NS(=O)(=O)Cc1ccc(CNC(=O)c2ccc(C(F)(F)F)cc2)cc1. The van der Waals surface area contributed by atoms with Gasteiger partial charge < -0.3 is 5.32 Å². The molecule has 0 aliphatic carbocycles. The van der Waals surface area contributed by atoms with Gasteiger partial charge in [0.05, 0.1) is 11.3 Å². The number of carbonyl (C=O) groups excluding carboxylic acids is 1. The third-order valence-corrected chi connectivity index (χ3v) is 4.05. The van der Waals surface area contributed by atoms with Gasteiger partial charge in [-0.25, -0.2) is 13.6 Å². The van der Waals surface area contributed by atoms with Crippen molar-refractivity contribution >= 4 is 15.9 Å². The van der Waals surface area contributed by atoms with Crippen LogP contribution in [0.5, 0.6) is 0 Å². The van der Waals surface area contributed by atoms with Gasteiger partial charge in [-0.2, -0.15) is 13.2 Å². The molecule has 2 aromatic carbocycles. The lowest BCUT2D eigenvalue weighted by Gasteiger charge is -2.09. The van der Waals surface area contributed by atoms with Crippen LogP contribution >= 0.6 is 0 Å². The number of halogens is 3. The highest BCUT2D eigenvalue weighted by atomic mass is 32.2. The van der Waals surface area contributed by atoms with Crippen molar-refractivity contribution in [3.05, 3.63) is 70.8 Å². The summed E-state index contributed by atoms with van der Waals surface area (Å²) in [6.45, 7) is 0.148. The average molecular weight is 372 g/mol. The number of primary sulfonamides is 1. The van der Waals surface area contributed by atoms with Gasteiger partial charge in [0.2, 0.25) is 10.0 Å². The Morgan fingerprint density at radius 1 is 0.960 bits per heavy atom. The quantitative estimate of drug-likeness (QED) is 0.845. The lowest BCUT2D eigenvalue weighted by molar-refractivity contribution is -0.137. The first-order chi connectivity index (χ1) is 11.5. The number of nitrogens with one attached hydrogen (secondary N) is 1. The van der Waals surface area contributed by atoms with Gasteiger partial charge in [-0.05, 0) is 35.4 Å². The molecule has 0 saturated heterocycles. The third-order valence-electron chi connectivity index (χ3n) is 3.32. The molecule has 0 radical (unpaired) electrons. The summed E-state index contributed by atoms with van der Waals surface area (Å²) in [6.07, 6.45) is -4.45. The fourth-order valence-electron chi connectivity index (χ4n) is 2.08. The lowest BCUT2D eigenvalue weighted by atomic mass is 10.1. The number of carbonyl (C=O) groups is 1. The molecule has 0 aliphatic rings. The minimum atomic E-state index is -4.45. The van der Waals surface area contributed by atoms with Crippen LogP contribution < -0.4 is 10.5 Å². The van der Waals surface area contributed by atoms with E-state index in [1.54, 1.807) is 24.3 Å². The molecule has 2 aromatic rings. The summed E-state index contributed by atoms with van der Waals surface area (Å²) >= 11 is 0. The van der Waals surface area contributed by atoms with Gasteiger partial charge in [-0.15, -0.1) is 0 Å². The van der Waals surface area contributed by atoms with Crippen LogP contribution in [0.1, 0.15) is 27.0 Å². The second-order valence-electron chi connectivity index (χ2n) is 5.38. The highest BCUT2D eigenvalue weighted by Crippen LogP contribution is 2.29. The molecule has 0 fully saturated rings. The standard InChI is InChI=1S/C16H15F3N2O3S/c17-16(18,19)14-7-5-13(6-8-14)15(22)21-9-11-1-3-12(4-2-11)10-25(20,23)24/h1-8H,9-10H2,(H,21,22)(H2,20,23,24). The van der Waals surface area contributed by atoms with E-state index in [0.29, 0.717) is 11.1 Å². The summed E-state index contributed by atoms with van der Waals surface area (Å²) in [4.78, 5) is 11.9. The Bertz CT molecular complexity index is 846. The first-order valence-electron chi connectivity index (χ1n) is 7.08. The van der Waals surface area contributed by atoms with Gasteiger partial charge in [0.25, 0.3) is 5.91 Å². The van der Waals surface area contributed by atoms with Crippen LogP contribution in [0.4, 0.5) is 13.2 Å². The second-order valence-corrected chi connectivity index (χ2v) is 7.00. The fraction of sp³-hybridized carbons (Fsp3) is 0.188.